The fourth-order valence-corrected chi connectivity index (χ4v) is 2.43. The van der Waals surface area contributed by atoms with Gasteiger partial charge in [0, 0.05) is 37.6 Å². The third-order valence-electron chi connectivity index (χ3n) is 3.63. The van der Waals surface area contributed by atoms with Crippen LogP contribution in [0.2, 0.25) is 0 Å². The Morgan fingerprint density at radius 3 is 2.75 bits per heavy atom. The molecule has 0 atom stereocenters. The lowest BCUT2D eigenvalue weighted by Crippen LogP contribution is -2.15. The lowest BCUT2D eigenvalue weighted by Gasteiger charge is -2.05. The molecule has 0 radical (unpaired) electrons. The van der Waals surface area contributed by atoms with Crippen LogP contribution < -0.4 is 5.32 Å². The van der Waals surface area contributed by atoms with Crippen LogP contribution in [0.4, 0.5) is 0 Å². The van der Waals surface area contributed by atoms with E-state index in [0.717, 1.165) is 38.2 Å². The minimum absolute atomic E-state index is 0.909. The van der Waals surface area contributed by atoms with E-state index in [-0.39, 0.29) is 0 Å². The summed E-state index contributed by atoms with van der Waals surface area (Å²) in [6, 6.07) is 0. The monoisotopic (exact) mass is 275 g/mol. The Labute approximate surface area is 121 Å². The van der Waals surface area contributed by atoms with Crippen molar-refractivity contribution in [2.75, 3.05) is 6.54 Å². The summed E-state index contributed by atoms with van der Waals surface area (Å²) in [6.07, 6.45) is 6.12. The summed E-state index contributed by atoms with van der Waals surface area (Å²) < 4.78 is 3.96. The Bertz CT molecular complexity index is 553. The van der Waals surface area contributed by atoms with Gasteiger partial charge in [0.05, 0.1) is 11.9 Å². The molecule has 0 aliphatic heterocycles. The minimum atomic E-state index is 0.909. The van der Waals surface area contributed by atoms with Crippen molar-refractivity contribution >= 4 is 0 Å². The van der Waals surface area contributed by atoms with E-state index in [1.165, 1.54) is 16.8 Å². The highest BCUT2D eigenvalue weighted by molar-refractivity contribution is 5.24. The number of nitrogens with zero attached hydrogens (tertiary/aromatic N) is 4. The number of aryl methyl sites for hydroxylation is 4. The van der Waals surface area contributed by atoms with Crippen LogP contribution in [0.1, 0.15) is 35.9 Å². The molecule has 1 N–H and O–H groups in total. The first kappa shape index (κ1) is 14.8. The van der Waals surface area contributed by atoms with Gasteiger partial charge in [0.1, 0.15) is 0 Å². The highest BCUT2D eigenvalue weighted by Gasteiger charge is 2.11. The van der Waals surface area contributed by atoms with Gasteiger partial charge < -0.3 is 5.32 Å². The molecule has 0 spiro atoms. The predicted molar refractivity (Wildman–Crippen MR) is 80.6 cm³/mol. The van der Waals surface area contributed by atoms with E-state index in [9.17, 15) is 0 Å². The summed E-state index contributed by atoms with van der Waals surface area (Å²) in [5, 5.41) is 12.3. The summed E-state index contributed by atoms with van der Waals surface area (Å²) in [4.78, 5) is 0. The van der Waals surface area contributed by atoms with Gasteiger partial charge in [0.15, 0.2) is 0 Å². The number of hydrogen-bond acceptors (Lipinski definition) is 3. The van der Waals surface area contributed by atoms with Crippen LogP contribution in [0.3, 0.4) is 0 Å². The zero-order valence-electron chi connectivity index (χ0n) is 13.0. The van der Waals surface area contributed by atoms with Gasteiger partial charge in [-0.05, 0) is 38.8 Å². The Morgan fingerprint density at radius 1 is 1.30 bits per heavy atom. The average Bonchev–Trinajstić information content (AvgIpc) is 2.94. The number of rotatable bonds is 7. The third-order valence-corrected chi connectivity index (χ3v) is 3.63. The van der Waals surface area contributed by atoms with E-state index in [2.05, 4.69) is 47.2 Å². The van der Waals surface area contributed by atoms with Crippen LogP contribution in [0.15, 0.2) is 12.4 Å². The quantitative estimate of drug-likeness (QED) is 0.786. The van der Waals surface area contributed by atoms with Crippen molar-refractivity contribution in [3.63, 3.8) is 0 Å². The van der Waals surface area contributed by atoms with E-state index in [4.69, 9.17) is 0 Å². The molecule has 0 aliphatic carbocycles. The Balaban J connectivity index is 1.99. The van der Waals surface area contributed by atoms with Crippen molar-refractivity contribution in [1.29, 1.82) is 0 Å². The van der Waals surface area contributed by atoms with E-state index < -0.39 is 0 Å². The van der Waals surface area contributed by atoms with Crippen LogP contribution in [-0.2, 0) is 26.6 Å². The van der Waals surface area contributed by atoms with E-state index in [1.54, 1.807) is 0 Å². The summed E-state index contributed by atoms with van der Waals surface area (Å²) in [5.41, 5.74) is 5.00. The fourth-order valence-electron chi connectivity index (χ4n) is 2.43. The lowest BCUT2D eigenvalue weighted by atomic mass is 10.2. The molecule has 0 aromatic carbocycles. The Kier molecular flexibility index (Phi) is 4.95. The second-order valence-electron chi connectivity index (χ2n) is 5.32. The molecule has 2 aromatic heterocycles. The molecule has 0 fully saturated rings. The Hall–Kier alpha value is -1.62. The molecule has 2 aromatic rings. The SMILES string of the molecule is CCCNCc1c(C)nn(CCc2cnn(C)c2)c1C. The minimum Gasteiger partial charge on any atom is -0.313 e. The van der Waals surface area contributed by atoms with Crippen LogP contribution in [-0.4, -0.2) is 26.1 Å². The molecule has 0 saturated carbocycles. The first-order valence-electron chi connectivity index (χ1n) is 7.33. The van der Waals surface area contributed by atoms with E-state index in [0.29, 0.717) is 0 Å². The molecule has 0 unspecified atom stereocenters. The van der Waals surface area contributed by atoms with Crippen LogP contribution in [0, 0.1) is 13.8 Å². The first-order chi connectivity index (χ1) is 9.61. The third kappa shape index (κ3) is 3.48. The largest absolute Gasteiger partial charge is 0.313 e. The van der Waals surface area contributed by atoms with Gasteiger partial charge in [-0.1, -0.05) is 6.92 Å². The molecule has 0 bridgehead atoms. The van der Waals surface area contributed by atoms with Gasteiger partial charge in [0.25, 0.3) is 0 Å². The fraction of sp³-hybridized carbons (Fsp3) is 0.600. The van der Waals surface area contributed by atoms with Crippen LogP contribution in [0.25, 0.3) is 0 Å². The van der Waals surface area contributed by atoms with Gasteiger partial charge in [-0.2, -0.15) is 10.2 Å². The molecule has 2 rings (SSSR count). The van der Waals surface area contributed by atoms with Crippen LogP contribution in [0.5, 0.6) is 0 Å². The van der Waals surface area contributed by atoms with Crippen molar-refractivity contribution in [2.45, 2.75) is 46.7 Å². The van der Waals surface area contributed by atoms with Crippen LogP contribution >= 0.6 is 0 Å². The molecule has 0 aliphatic rings. The summed E-state index contributed by atoms with van der Waals surface area (Å²) in [6.45, 7) is 9.32. The van der Waals surface area contributed by atoms with Crippen molar-refractivity contribution in [1.82, 2.24) is 24.9 Å². The maximum absolute atomic E-state index is 4.66. The maximum atomic E-state index is 4.66. The van der Waals surface area contributed by atoms with E-state index >= 15 is 0 Å². The van der Waals surface area contributed by atoms with Gasteiger partial charge >= 0.3 is 0 Å². The molecule has 110 valence electrons. The Morgan fingerprint density at radius 2 is 2.10 bits per heavy atom. The summed E-state index contributed by atoms with van der Waals surface area (Å²) in [5.74, 6) is 0. The van der Waals surface area contributed by atoms with Crippen molar-refractivity contribution < 1.29 is 0 Å². The highest BCUT2D eigenvalue weighted by atomic mass is 15.3. The van der Waals surface area contributed by atoms with Gasteiger partial charge in [-0.25, -0.2) is 0 Å². The predicted octanol–water partition coefficient (Wildman–Crippen LogP) is 1.98. The molecular formula is C15H25N5. The lowest BCUT2D eigenvalue weighted by molar-refractivity contribution is 0.591. The topological polar surface area (TPSA) is 47.7 Å². The summed E-state index contributed by atoms with van der Waals surface area (Å²) >= 11 is 0. The second-order valence-corrected chi connectivity index (χ2v) is 5.32. The second kappa shape index (κ2) is 6.70. The zero-order valence-corrected chi connectivity index (χ0v) is 13.0. The van der Waals surface area contributed by atoms with E-state index in [1.807, 2.05) is 17.9 Å². The van der Waals surface area contributed by atoms with Crippen molar-refractivity contribution in [3.05, 3.63) is 34.9 Å². The standard InChI is InChI=1S/C15H25N5/c1-5-7-16-10-15-12(2)18-20(13(15)3)8-6-14-9-17-19(4)11-14/h9,11,16H,5-8,10H2,1-4H3. The first-order valence-corrected chi connectivity index (χ1v) is 7.33. The highest BCUT2D eigenvalue weighted by Crippen LogP contribution is 2.13. The molecule has 0 amide bonds. The van der Waals surface area contributed by atoms with Crippen molar-refractivity contribution in [3.8, 4) is 0 Å². The zero-order chi connectivity index (χ0) is 14.5. The van der Waals surface area contributed by atoms with Gasteiger partial charge in [-0.15, -0.1) is 0 Å². The number of aromatic nitrogens is 4. The molecular weight excluding hydrogens is 250 g/mol. The van der Waals surface area contributed by atoms with Crippen molar-refractivity contribution in [2.24, 2.45) is 7.05 Å². The number of nitrogens with one attached hydrogen (secondary N) is 1. The molecule has 2 heterocycles. The molecule has 5 heteroatoms. The normalized spacial score (nSPS) is 11.2. The van der Waals surface area contributed by atoms with Gasteiger partial charge in [-0.3, -0.25) is 9.36 Å². The molecule has 5 nitrogen and oxygen atoms in total. The molecule has 0 saturated heterocycles. The molecule has 20 heavy (non-hydrogen) atoms. The smallest absolute Gasteiger partial charge is 0.0641 e. The average molecular weight is 275 g/mol. The van der Waals surface area contributed by atoms with Gasteiger partial charge in [0.2, 0.25) is 0 Å². The summed E-state index contributed by atoms with van der Waals surface area (Å²) in [7, 11) is 1.95. The maximum Gasteiger partial charge on any atom is 0.0641 e. The number of hydrogen-bond donors (Lipinski definition) is 1.